The molecule has 0 aliphatic heterocycles. The molecule has 1 amide bonds. The highest BCUT2D eigenvalue weighted by Crippen LogP contribution is 2.35. The van der Waals surface area contributed by atoms with Crippen LogP contribution in [0.2, 0.25) is 0 Å². The molecule has 3 rings (SSSR count). The van der Waals surface area contributed by atoms with Gasteiger partial charge < -0.3 is 11.5 Å². The maximum atomic E-state index is 11.6. The number of hydrogen-bond acceptors (Lipinski definition) is 6. The third-order valence-electron chi connectivity index (χ3n) is 3.25. The van der Waals surface area contributed by atoms with Crippen LogP contribution in [0.4, 0.5) is 5.69 Å². The van der Waals surface area contributed by atoms with E-state index in [-0.39, 0.29) is 11.4 Å². The van der Waals surface area contributed by atoms with Gasteiger partial charge in [-0.25, -0.2) is 15.0 Å². The number of nitrogens with two attached hydrogens (primary N) is 2. The Balaban J connectivity index is 2.54. The average Bonchev–Trinajstić information content (AvgIpc) is 2.54. The highest BCUT2D eigenvalue weighted by Gasteiger charge is 2.19. The third kappa shape index (κ3) is 1.99. The molecule has 3 aromatic rings. The number of carbonyl (C=O) groups excluding carboxylic acids is 1. The normalized spacial score (nSPS) is 10.3. The minimum absolute atomic E-state index is 0.0403. The lowest BCUT2D eigenvalue weighted by Crippen LogP contribution is -2.16. The van der Waals surface area contributed by atoms with E-state index in [0.717, 1.165) is 0 Å². The minimum atomic E-state index is -0.736. The molecule has 2 heterocycles. The fraction of sp³-hybridized carbons (Fsp3) is 0. The molecule has 0 spiro atoms. The largest absolute Gasteiger partial charge is 0.396 e. The van der Waals surface area contributed by atoms with Crippen molar-refractivity contribution in [3.8, 4) is 17.2 Å². The lowest BCUT2D eigenvalue weighted by Gasteiger charge is -2.13. The Labute approximate surface area is 125 Å². The second-order valence-corrected chi connectivity index (χ2v) is 4.55. The van der Waals surface area contributed by atoms with Crippen LogP contribution in [-0.2, 0) is 0 Å². The number of carbonyl (C=O) groups is 1. The molecule has 0 saturated carbocycles. The van der Waals surface area contributed by atoms with Crippen LogP contribution in [0.25, 0.3) is 22.0 Å². The topological polar surface area (TPSA) is 132 Å². The maximum Gasteiger partial charge on any atom is 0.269 e. The van der Waals surface area contributed by atoms with Gasteiger partial charge in [-0.1, -0.05) is 6.07 Å². The number of aromatic nitrogens is 3. The molecule has 2 aromatic heterocycles. The van der Waals surface area contributed by atoms with Gasteiger partial charge >= 0.3 is 0 Å². The number of primary amides is 1. The summed E-state index contributed by atoms with van der Waals surface area (Å²) in [6.45, 7) is 0. The predicted octanol–water partition coefficient (Wildman–Crippen LogP) is 1.24. The van der Waals surface area contributed by atoms with E-state index in [9.17, 15) is 10.1 Å². The lowest BCUT2D eigenvalue weighted by molar-refractivity contribution is 0.0997. The van der Waals surface area contributed by atoms with Gasteiger partial charge in [0, 0.05) is 28.9 Å². The van der Waals surface area contributed by atoms with Crippen molar-refractivity contribution in [2.45, 2.75) is 0 Å². The van der Waals surface area contributed by atoms with Gasteiger partial charge in [0.1, 0.15) is 6.33 Å². The molecule has 106 valence electrons. The van der Waals surface area contributed by atoms with Crippen molar-refractivity contribution in [3.05, 3.63) is 48.2 Å². The highest BCUT2D eigenvalue weighted by molar-refractivity contribution is 6.09. The van der Waals surface area contributed by atoms with E-state index < -0.39 is 5.91 Å². The number of nitrogens with zero attached hydrogens (tertiary/aromatic N) is 4. The van der Waals surface area contributed by atoms with Gasteiger partial charge in [-0.15, -0.1) is 0 Å². The van der Waals surface area contributed by atoms with Gasteiger partial charge in [-0.2, -0.15) is 5.26 Å². The molecular weight excluding hydrogens is 280 g/mol. The van der Waals surface area contributed by atoms with E-state index in [4.69, 9.17) is 11.5 Å². The Bertz CT molecular complexity index is 930. The first kappa shape index (κ1) is 13.5. The predicted molar refractivity (Wildman–Crippen MR) is 80.4 cm³/mol. The molecule has 22 heavy (non-hydrogen) atoms. The first-order chi connectivity index (χ1) is 10.6. The zero-order valence-electron chi connectivity index (χ0n) is 11.3. The van der Waals surface area contributed by atoms with Crippen LogP contribution in [-0.4, -0.2) is 20.9 Å². The summed E-state index contributed by atoms with van der Waals surface area (Å²) < 4.78 is 0. The van der Waals surface area contributed by atoms with E-state index in [1.807, 2.05) is 0 Å². The Hall–Kier alpha value is -3.53. The number of pyridine rings is 1. The molecule has 0 atom stereocenters. The van der Waals surface area contributed by atoms with Crippen LogP contribution in [0, 0.1) is 11.3 Å². The minimum Gasteiger partial charge on any atom is -0.396 e. The van der Waals surface area contributed by atoms with E-state index in [1.165, 1.54) is 6.33 Å². The molecule has 1 aromatic carbocycles. The van der Waals surface area contributed by atoms with Crippen molar-refractivity contribution in [2.75, 3.05) is 5.73 Å². The number of nitrogen functional groups attached to an aromatic ring is 1. The molecule has 4 N–H and O–H groups in total. The summed E-state index contributed by atoms with van der Waals surface area (Å²) in [6, 6.07) is 7.13. The Kier molecular flexibility index (Phi) is 3.12. The van der Waals surface area contributed by atoms with Gasteiger partial charge in [0.05, 0.1) is 22.8 Å². The molecule has 0 unspecified atom stereocenters. The van der Waals surface area contributed by atoms with Gasteiger partial charge in [0.15, 0.2) is 5.69 Å². The molecule has 0 saturated heterocycles. The average molecular weight is 290 g/mol. The van der Waals surface area contributed by atoms with Crippen LogP contribution < -0.4 is 11.5 Å². The number of nitriles is 1. The van der Waals surface area contributed by atoms with E-state index >= 15 is 0 Å². The van der Waals surface area contributed by atoms with E-state index in [1.54, 1.807) is 30.6 Å². The fourth-order valence-corrected chi connectivity index (χ4v) is 2.34. The molecule has 0 fully saturated rings. The molecule has 0 radical (unpaired) electrons. The fourth-order valence-electron chi connectivity index (χ4n) is 2.34. The van der Waals surface area contributed by atoms with Crippen LogP contribution in [0.1, 0.15) is 16.1 Å². The first-order valence-electron chi connectivity index (χ1n) is 6.31. The Morgan fingerprint density at radius 3 is 2.59 bits per heavy atom. The quantitative estimate of drug-likeness (QED) is 0.729. The van der Waals surface area contributed by atoms with Crippen molar-refractivity contribution in [1.29, 1.82) is 5.26 Å². The molecule has 7 nitrogen and oxygen atoms in total. The summed E-state index contributed by atoms with van der Waals surface area (Å²) in [4.78, 5) is 23.7. The van der Waals surface area contributed by atoms with Crippen molar-refractivity contribution in [1.82, 2.24) is 15.0 Å². The second-order valence-electron chi connectivity index (χ2n) is 4.55. The number of amides is 1. The number of fused-ring (bicyclic) bond motifs is 1. The summed E-state index contributed by atoms with van der Waals surface area (Å²) in [5.74, 6) is -0.736. The SMILES string of the molecule is N#Cc1cccc2nc(C(N)=O)c(N)c(-c3cncnc3)c12. The monoisotopic (exact) mass is 290 g/mol. The summed E-state index contributed by atoms with van der Waals surface area (Å²) in [7, 11) is 0. The smallest absolute Gasteiger partial charge is 0.269 e. The van der Waals surface area contributed by atoms with Gasteiger partial charge in [0.2, 0.25) is 0 Å². The van der Waals surface area contributed by atoms with E-state index in [2.05, 4.69) is 21.0 Å². The standard InChI is InChI=1S/C15H10N6O/c16-4-8-2-1-3-10-11(8)12(9-5-19-7-20-6-9)13(17)14(21-10)15(18)22/h1-3,5-7H,17H2,(H2,18,22). The zero-order chi connectivity index (χ0) is 15.7. The first-order valence-corrected chi connectivity index (χ1v) is 6.31. The van der Waals surface area contributed by atoms with Crippen molar-refractivity contribution in [3.63, 3.8) is 0 Å². The van der Waals surface area contributed by atoms with E-state index in [0.29, 0.717) is 27.6 Å². The lowest BCUT2D eigenvalue weighted by atomic mass is 9.96. The van der Waals surface area contributed by atoms with Crippen molar-refractivity contribution in [2.24, 2.45) is 5.73 Å². The van der Waals surface area contributed by atoms with Crippen LogP contribution in [0.15, 0.2) is 36.9 Å². The number of anilines is 1. The van der Waals surface area contributed by atoms with Crippen LogP contribution >= 0.6 is 0 Å². The molecule has 0 aliphatic rings. The third-order valence-corrected chi connectivity index (χ3v) is 3.25. The van der Waals surface area contributed by atoms with Crippen LogP contribution in [0.3, 0.4) is 0 Å². The molecule has 7 heteroatoms. The summed E-state index contributed by atoms with van der Waals surface area (Å²) in [5.41, 5.74) is 13.4. The van der Waals surface area contributed by atoms with Gasteiger partial charge in [-0.3, -0.25) is 4.79 Å². The number of rotatable bonds is 2. The molecule has 0 bridgehead atoms. The van der Waals surface area contributed by atoms with Crippen molar-refractivity contribution >= 4 is 22.5 Å². The van der Waals surface area contributed by atoms with Crippen molar-refractivity contribution < 1.29 is 4.79 Å². The van der Waals surface area contributed by atoms with Gasteiger partial charge in [-0.05, 0) is 12.1 Å². The van der Waals surface area contributed by atoms with Gasteiger partial charge in [0.25, 0.3) is 5.91 Å². The maximum absolute atomic E-state index is 11.6. The molecule has 0 aliphatic carbocycles. The summed E-state index contributed by atoms with van der Waals surface area (Å²) >= 11 is 0. The molecular formula is C15H10N6O. The summed E-state index contributed by atoms with van der Waals surface area (Å²) in [5, 5.41) is 9.88. The second kappa shape index (κ2) is 5.10. The summed E-state index contributed by atoms with van der Waals surface area (Å²) in [6.07, 6.45) is 4.48. The number of benzene rings is 1. The zero-order valence-corrected chi connectivity index (χ0v) is 11.3. The number of hydrogen-bond donors (Lipinski definition) is 2. The Morgan fingerprint density at radius 1 is 1.23 bits per heavy atom. The Morgan fingerprint density at radius 2 is 1.95 bits per heavy atom. The van der Waals surface area contributed by atoms with Crippen LogP contribution in [0.5, 0.6) is 0 Å². The highest BCUT2D eigenvalue weighted by atomic mass is 16.1.